The van der Waals surface area contributed by atoms with E-state index in [1.807, 2.05) is 0 Å². The maximum absolute atomic E-state index is 8.33. The number of carbonyl (C=O) groups is 1. The van der Waals surface area contributed by atoms with Gasteiger partial charge in [-0.1, -0.05) is 0 Å². The average Bonchev–Trinajstić information content (AvgIpc) is 0.811. The molecule has 0 aromatic carbocycles. The Morgan fingerprint density at radius 1 is 1.33 bits per heavy atom. The van der Waals surface area contributed by atoms with Crippen LogP contribution < -0.4 is 10.2 Å². The van der Waals surface area contributed by atoms with Gasteiger partial charge in [-0.25, -0.2) is 0 Å². The molecule has 0 heterocycles. The molecule has 5 heteroatoms. The first kappa shape index (κ1) is 16.3. The van der Waals surface area contributed by atoms with Crippen LogP contribution in [0.1, 0.15) is 0 Å². The summed E-state index contributed by atoms with van der Waals surface area (Å²) in [6.07, 6.45) is -2.33. The summed E-state index contributed by atoms with van der Waals surface area (Å²) < 4.78 is 0. The molecule has 0 rings (SSSR count). The largest absolute Gasteiger partial charge is 2.00 e. The van der Waals surface area contributed by atoms with Crippen molar-refractivity contribution in [1.82, 2.24) is 0 Å². The molecular weight excluding hydrogens is 178 g/mol. The van der Waals surface area contributed by atoms with Gasteiger partial charge in [-0.2, -0.15) is 0 Å². The fourth-order valence-electron chi connectivity index (χ4n) is 0. The molecule has 0 aliphatic carbocycles. The van der Waals surface area contributed by atoms with Crippen LogP contribution >= 0.6 is 0 Å². The summed E-state index contributed by atoms with van der Waals surface area (Å²) in [6, 6.07) is 0. The van der Waals surface area contributed by atoms with Gasteiger partial charge < -0.3 is 15.0 Å². The molecule has 0 amide bonds. The van der Waals surface area contributed by atoms with Crippen LogP contribution in [0.15, 0.2) is 0 Å². The first-order chi connectivity index (χ1) is 1.73. The topological polar surface area (TPSA) is 63.2 Å². The van der Waals surface area contributed by atoms with E-state index in [9.17, 15) is 0 Å². The fraction of sp³-hybridized carbons (Fsp3) is 0. The van der Waals surface area contributed by atoms with E-state index < -0.39 is 6.16 Å². The molecule has 0 fully saturated rings. The van der Waals surface area contributed by atoms with Crippen LogP contribution in [0.2, 0.25) is 0 Å². The van der Waals surface area contributed by atoms with Gasteiger partial charge in [0.25, 0.3) is 0 Å². The Balaban J connectivity index is -0.0000000450. The minimum atomic E-state index is -2.33. The molecule has 0 aromatic heterocycles. The van der Waals surface area contributed by atoms with Crippen LogP contribution in [0.5, 0.6) is 0 Å². The smallest absolute Gasteiger partial charge is 0.652 e. The van der Waals surface area contributed by atoms with E-state index in [0.29, 0.717) is 0 Å². The van der Waals surface area contributed by atoms with Crippen LogP contribution in [0.4, 0.5) is 4.79 Å². The summed E-state index contributed by atoms with van der Waals surface area (Å²) >= 11 is 0. The molecule has 6 heavy (non-hydrogen) atoms. The Morgan fingerprint density at radius 2 is 1.33 bits per heavy atom. The van der Waals surface area contributed by atoms with Gasteiger partial charge in [-0.15, -0.1) is 0 Å². The Bertz CT molecular complexity index is 33.8. The van der Waals surface area contributed by atoms with E-state index in [1.54, 1.807) is 0 Å². The second kappa shape index (κ2) is 8.99. The molecule has 0 atom stereocenters. The molecule has 1 radical (unpaired) electrons. The molecule has 0 aliphatic rings. The van der Waals surface area contributed by atoms with E-state index in [0.717, 1.165) is 0 Å². The Morgan fingerprint density at radius 3 is 1.33 bits per heavy atom. The molecule has 0 unspecified atom stereocenters. The monoisotopic (exact) mass is 177 g/mol. The van der Waals surface area contributed by atoms with E-state index in [1.165, 1.54) is 0 Å². The van der Waals surface area contributed by atoms with Crippen molar-refractivity contribution in [2.75, 3.05) is 0 Å². The zero-order valence-corrected chi connectivity index (χ0v) is 4.40. The Labute approximate surface area is 54.9 Å². The van der Waals surface area contributed by atoms with E-state index >= 15 is 0 Å². The van der Waals surface area contributed by atoms with Crippen molar-refractivity contribution in [3.63, 3.8) is 0 Å². The third-order valence-corrected chi connectivity index (χ3v) is 0. The summed E-state index contributed by atoms with van der Waals surface area (Å²) in [4.78, 5) is 8.33. The Kier molecular flexibility index (Phi) is 24.4. The van der Waals surface area contributed by atoms with Crippen molar-refractivity contribution < 1.29 is 48.3 Å². The van der Waals surface area contributed by atoms with Gasteiger partial charge >= 0.3 is 16.5 Å². The Hall–Kier alpha value is 0.270. The number of carbonyl (C=O) groups excluding carboxylic acids is 1. The average molecular weight is 178 g/mol. The summed E-state index contributed by atoms with van der Waals surface area (Å²) in [5, 5.41) is 16.7. The number of hydrogen-bond donors (Lipinski definition) is 0. The number of carboxylic acid groups (broad SMARTS) is 2. The quantitative estimate of drug-likeness (QED) is 0.386. The third kappa shape index (κ3) is 626. The maximum Gasteiger partial charge on any atom is 2.00 e. The summed E-state index contributed by atoms with van der Waals surface area (Å²) in [7, 11) is 0. The predicted molar refractivity (Wildman–Crippen MR) is 5.40 cm³/mol. The normalized spacial score (nSPS) is 4.00. The SMILES string of the molecule is O=C([O-])[O-].[Co].[Ni+2]. The number of hydrogen-bond acceptors (Lipinski definition) is 3. The molecule has 0 aliphatic heterocycles. The molecule has 0 spiro atoms. The molecule has 0 saturated heterocycles. The standard InChI is InChI=1S/CH2O3.Co.Ni/c2-1(3)4;;/h(H2,2,3,4);;/q;;+2/p-2. The van der Waals surface area contributed by atoms with Crippen molar-refractivity contribution in [2.45, 2.75) is 0 Å². The van der Waals surface area contributed by atoms with E-state index in [4.69, 9.17) is 15.0 Å². The van der Waals surface area contributed by atoms with Gasteiger partial charge in [0.2, 0.25) is 0 Å². The third-order valence-electron chi connectivity index (χ3n) is 0. The van der Waals surface area contributed by atoms with Crippen LogP contribution in [0.3, 0.4) is 0 Å². The molecule has 41 valence electrons. The molecule has 3 nitrogen and oxygen atoms in total. The minimum absolute atomic E-state index is 0. The van der Waals surface area contributed by atoms with E-state index in [2.05, 4.69) is 0 Å². The van der Waals surface area contributed by atoms with Crippen LogP contribution in [0.25, 0.3) is 0 Å². The minimum Gasteiger partial charge on any atom is -0.652 e. The van der Waals surface area contributed by atoms with Crippen molar-refractivity contribution >= 4 is 6.16 Å². The summed E-state index contributed by atoms with van der Waals surface area (Å²) in [5.74, 6) is 0. The van der Waals surface area contributed by atoms with Gasteiger partial charge in [0.15, 0.2) is 0 Å². The molecule has 0 aromatic rings. The van der Waals surface area contributed by atoms with E-state index in [-0.39, 0.29) is 33.3 Å². The van der Waals surface area contributed by atoms with Crippen molar-refractivity contribution in [3.05, 3.63) is 0 Å². The van der Waals surface area contributed by atoms with Gasteiger partial charge in [-0.05, 0) is 6.16 Å². The second-order valence-corrected chi connectivity index (χ2v) is 0.250. The van der Waals surface area contributed by atoms with Crippen molar-refractivity contribution in [2.24, 2.45) is 0 Å². The first-order valence-corrected chi connectivity index (χ1v) is 0.612. The number of rotatable bonds is 0. The van der Waals surface area contributed by atoms with Gasteiger partial charge in [0.05, 0.1) is 0 Å². The summed E-state index contributed by atoms with van der Waals surface area (Å²) in [6.45, 7) is 0. The van der Waals surface area contributed by atoms with Gasteiger partial charge in [0, 0.05) is 16.8 Å². The summed E-state index contributed by atoms with van der Waals surface area (Å²) in [5.41, 5.74) is 0. The fourth-order valence-corrected chi connectivity index (χ4v) is 0. The molecule has 0 saturated carbocycles. The van der Waals surface area contributed by atoms with Crippen LogP contribution in [-0.4, -0.2) is 6.16 Å². The zero-order valence-electron chi connectivity index (χ0n) is 2.37. The zero-order chi connectivity index (χ0) is 3.58. The molecule has 0 bridgehead atoms. The second-order valence-electron chi connectivity index (χ2n) is 0.250. The first-order valence-electron chi connectivity index (χ1n) is 0.612. The van der Waals surface area contributed by atoms with Gasteiger partial charge in [0.1, 0.15) is 0 Å². The van der Waals surface area contributed by atoms with Crippen molar-refractivity contribution in [1.29, 1.82) is 0 Å². The van der Waals surface area contributed by atoms with Gasteiger partial charge in [-0.3, -0.25) is 0 Å². The molecular formula is CCoNiO3. The van der Waals surface area contributed by atoms with Crippen molar-refractivity contribution in [3.8, 4) is 0 Å². The molecule has 0 N–H and O–H groups in total. The maximum atomic E-state index is 8.33. The van der Waals surface area contributed by atoms with Crippen LogP contribution in [-0.2, 0) is 33.3 Å². The predicted octanol–water partition coefficient (Wildman–Crippen LogP) is -2.45. The van der Waals surface area contributed by atoms with Crippen LogP contribution in [0, 0.1) is 0 Å².